The summed E-state index contributed by atoms with van der Waals surface area (Å²) in [6, 6.07) is 9.79. The van der Waals surface area contributed by atoms with Crippen LogP contribution in [0.5, 0.6) is 5.75 Å². The number of aliphatic hydroxyl groups is 1. The first kappa shape index (κ1) is 13.0. The molecule has 0 saturated carbocycles. The van der Waals surface area contributed by atoms with Gasteiger partial charge in [0.2, 0.25) is 0 Å². The van der Waals surface area contributed by atoms with Gasteiger partial charge < -0.3 is 15.2 Å². The Labute approximate surface area is 97.4 Å². The van der Waals surface area contributed by atoms with E-state index < -0.39 is 0 Å². The molecule has 0 amide bonds. The van der Waals surface area contributed by atoms with Crippen molar-refractivity contribution in [1.29, 1.82) is 0 Å². The average Bonchev–Trinajstić information content (AvgIpc) is 2.30. The van der Waals surface area contributed by atoms with Gasteiger partial charge in [0.15, 0.2) is 0 Å². The Balaban J connectivity index is 2.09. The van der Waals surface area contributed by atoms with Crippen LogP contribution >= 0.6 is 0 Å². The van der Waals surface area contributed by atoms with Gasteiger partial charge in [0.25, 0.3) is 0 Å². The second kappa shape index (κ2) is 6.51. The van der Waals surface area contributed by atoms with Crippen LogP contribution in [0.1, 0.15) is 20.3 Å². The summed E-state index contributed by atoms with van der Waals surface area (Å²) >= 11 is 0. The summed E-state index contributed by atoms with van der Waals surface area (Å²) in [7, 11) is 0. The number of para-hydroxylation sites is 1. The van der Waals surface area contributed by atoms with Crippen LogP contribution < -0.4 is 10.1 Å². The molecule has 0 aromatic heterocycles. The molecule has 1 rings (SSSR count). The highest BCUT2D eigenvalue weighted by molar-refractivity contribution is 5.20. The molecule has 90 valence electrons. The number of aliphatic hydroxyl groups excluding tert-OH is 1. The normalized spacial score (nSPS) is 11.4. The molecule has 0 atom stereocenters. The van der Waals surface area contributed by atoms with E-state index >= 15 is 0 Å². The van der Waals surface area contributed by atoms with E-state index in [4.69, 9.17) is 9.84 Å². The Morgan fingerprint density at radius 2 is 1.94 bits per heavy atom. The molecule has 0 heterocycles. The van der Waals surface area contributed by atoms with Crippen LogP contribution in [0.15, 0.2) is 30.3 Å². The molecular formula is C13H21NO2. The summed E-state index contributed by atoms with van der Waals surface area (Å²) in [5.41, 5.74) is -0.202. The van der Waals surface area contributed by atoms with Crippen molar-refractivity contribution in [3.63, 3.8) is 0 Å². The van der Waals surface area contributed by atoms with Crippen molar-refractivity contribution in [2.75, 3.05) is 19.8 Å². The minimum Gasteiger partial charge on any atom is -0.494 e. The van der Waals surface area contributed by atoms with E-state index in [2.05, 4.69) is 5.32 Å². The van der Waals surface area contributed by atoms with E-state index in [1.807, 2.05) is 44.2 Å². The summed E-state index contributed by atoms with van der Waals surface area (Å²) in [6.07, 6.45) is 0.929. The predicted octanol–water partition coefficient (Wildman–Crippen LogP) is 1.82. The lowest BCUT2D eigenvalue weighted by Crippen LogP contribution is -2.43. The quantitative estimate of drug-likeness (QED) is 0.693. The van der Waals surface area contributed by atoms with Crippen molar-refractivity contribution in [2.24, 2.45) is 0 Å². The fourth-order valence-electron chi connectivity index (χ4n) is 1.26. The second-order valence-corrected chi connectivity index (χ2v) is 4.48. The first-order valence-corrected chi connectivity index (χ1v) is 5.68. The van der Waals surface area contributed by atoms with E-state index in [0.29, 0.717) is 6.61 Å². The highest BCUT2D eigenvalue weighted by Crippen LogP contribution is 2.08. The molecular weight excluding hydrogens is 202 g/mol. The van der Waals surface area contributed by atoms with E-state index in [1.165, 1.54) is 0 Å². The smallest absolute Gasteiger partial charge is 0.119 e. The zero-order chi connectivity index (χ0) is 11.9. The maximum absolute atomic E-state index is 9.03. The third kappa shape index (κ3) is 5.14. The molecule has 3 nitrogen and oxygen atoms in total. The van der Waals surface area contributed by atoms with Gasteiger partial charge in [-0.15, -0.1) is 0 Å². The Bertz CT molecular complexity index is 285. The first-order chi connectivity index (χ1) is 7.64. The topological polar surface area (TPSA) is 41.5 Å². The zero-order valence-corrected chi connectivity index (χ0v) is 10.1. The van der Waals surface area contributed by atoms with E-state index in [1.54, 1.807) is 0 Å². The third-order valence-corrected chi connectivity index (χ3v) is 2.33. The molecule has 1 aromatic carbocycles. The summed E-state index contributed by atoms with van der Waals surface area (Å²) in [4.78, 5) is 0. The monoisotopic (exact) mass is 223 g/mol. The van der Waals surface area contributed by atoms with Crippen LogP contribution in [0.2, 0.25) is 0 Å². The van der Waals surface area contributed by atoms with Gasteiger partial charge in [-0.05, 0) is 38.9 Å². The lowest BCUT2D eigenvalue weighted by atomic mass is 10.1. The van der Waals surface area contributed by atoms with Crippen LogP contribution in [0.3, 0.4) is 0 Å². The van der Waals surface area contributed by atoms with Gasteiger partial charge in [0.05, 0.1) is 13.2 Å². The largest absolute Gasteiger partial charge is 0.494 e. The SMILES string of the molecule is CC(C)(CO)NCCCOc1ccccc1. The minimum atomic E-state index is -0.202. The molecule has 0 radical (unpaired) electrons. The summed E-state index contributed by atoms with van der Waals surface area (Å²) < 4.78 is 5.55. The summed E-state index contributed by atoms with van der Waals surface area (Å²) in [5, 5.41) is 12.3. The van der Waals surface area contributed by atoms with Crippen molar-refractivity contribution in [3.8, 4) is 5.75 Å². The fraction of sp³-hybridized carbons (Fsp3) is 0.538. The molecule has 3 heteroatoms. The van der Waals surface area contributed by atoms with Gasteiger partial charge in [-0.25, -0.2) is 0 Å². The van der Waals surface area contributed by atoms with Crippen molar-refractivity contribution < 1.29 is 9.84 Å². The molecule has 0 unspecified atom stereocenters. The molecule has 0 aliphatic heterocycles. The molecule has 0 aliphatic rings. The highest BCUT2D eigenvalue weighted by Gasteiger charge is 2.13. The molecule has 2 N–H and O–H groups in total. The molecule has 0 saturated heterocycles. The Morgan fingerprint density at radius 1 is 1.25 bits per heavy atom. The number of benzene rings is 1. The van der Waals surface area contributed by atoms with E-state index in [-0.39, 0.29) is 12.1 Å². The van der Waals surface area contributed by atoms with Crippen molar-refractivity contribution in [2.45, 2.75) is 25.8 Å². The standard InChI is InChI=1S/C13H21NO2/c1-13(2,11-15)14-9-6-10-16-12-7-4-3-5-8-12/h3-5,7-8,14-15H,6,9-11H2,1-2H3. The van der Waals surface area contributed by atoms with Gasteiger partial charge in [0.1, 0.15) is 5.75 Å². The highest BCUT2D eigenvalue weighted by atomic mass is 16.5. The van der Waals surface area contributed by atoms with Crippen LogP contribution in [-0.2, 0) is 0 Å². The molecule has 1 aromatic rings. The first-order valence-electron chi connectivity index (χ1n) is 5.68. The number of rotatable bonds is 7. The predicted molar refractivity (Wildman–Crippen MR) is 65.7 cm³/mol. The number of hydrogen-bond donors (Lipinski definition) is 2. The van der Waals surface area contributed by atoms with Crippen LogP contribution in [-0.4, -0.2) is 30.4 Å². The number of ether oxygens (including phenoxy) is 1. The maximum atomic E-state index is 9.03. The lowest BCUT2D eigenvalue weighted by Gasteiger charge is -2.23. The molecule has 0 aliphatic carbocycles. The van der Waals surface area contributed by atoms with E-state index in [9.17, 15) is 0 Å². The average molecular weight is 223 g/mol. The zero-order valence-electron chi connectivity index (χ0n) is 10.1. The van der Waals surface area contributed by atoms with Crippen LogP contribution in [0.25, 0.3) is 0 Å². The maximum Gasteiger partial charge on any atom is 0.119 e. The Morgan fingerprint density at radius 3 is 2.56 bits per heavy atom. The molecule has 0 bridgehead atoms. The van der Waals surface area contributed by atoms with Crippen molar-refractivity contribution in [1.82, 2.24) is 5.32 Å². The third-order valence-electron chi connectivity index (χ3n) is 2.33. The number of hydrogen-bond acceptors (Lipinski definition) is 3. The van der Waals surface area contributed by atoms with Gasteiger partial charge in [-0.1, -0.05) is 18.2 Å². The van der Waals surface area contributed by atoms with Crippen LogP contribution in [0, 0.1) is 0 Å². The van der Waals surface area contributed by atoms with Crippen LogP contribution in [0.4, 0.5) is 0 Å². The Kier molecular flexibility index (Phi) is 5.29. The minimum absolute atomic E-state index is 0.145. The summed E-state index contributed by atoms with van der Waals surface area (Å²) in [6.45, 7) is 5.64. The van der Waals surface area contributed by atoms with Crippen molar-refractivity contribution >= 4 is 0 Å². The fourth-order valence-corrected chi connectivity index (χ4v) is 1.26. The second-order valence-electron chi connectivity index (χ2n) is 4.48. The van der Waals surface area contributed by atoms with E-state index in [0.717, 1.165) is 18.7 Å². The van der Waals surface area contributed by atoms with Gasteiger partial charge in [0, 0.05) is 5.54 Å². The van der Waals surface area contributed by atoms with Gasteiger partial charge in [-0.2, -0.15) is 0 Å². The summed E-state index contributed by atoms with van der Waals surface area (Å²) in [5.74, 6) is 0.906. The number of nitrogens with one attached hydrogen (secondary N) is 1. The van der Waals surface area contributed by atoms with Gasteiger partial charge >= 0.3 is 0 Å². The molecule has 0 spiro atoms. The van der Waals surface area contributed by atoms with Crippen molar-refractivity contribution in [3.05, 3.63) is 30.3 Å². The molecule has 16 heavy (non-hydrogen) atoms. The Hall–Kier alpha value is -1.06. The van der Waals surface area contributed by atoms with Gasteiger partial charge in [-0.3, -0.25) is 0 Å². The molecule has 0 fully saturated rings. The lowest BCUT2D eigenvalue weighted by molar-refractivity contribution is 0.185.